The lowest BCUT2D eigenvalue weighted by molar-refractivity contribution is -0.168. The number of ether oxygens (including phenoxy) is 3. The maximum atomic E-state index is 5.45. The van der Waals surface area contributed by atoms with E-state index in [1.165, 1.54) is 6.42 Å². The third-order valence-electron chi connectivity index (χ3n) is 1.91. The van der Waals surface area contributed by atoms with Gasteiger partial charge in [0.2, 0.25) is 0 Å². The van der Waals surface area contributed by atoms with Crippen LogP contribution in [-0.4, -0.2) is 32.7 Å². The summed E-state index contributed by atoms with van der Waals surface area (Å²) in [6.45, 7) is 6.21. The Kier molecular flexibility index (Phi) is 5.81. The Bertz CT molecular complexity index is 130. The van der Waals surface area contributed by atoms with E-state index in [2.05, 4.69) is 6.58 Å². The minimum atomic E-state index is 0.00100. The molecule has 1 rings (SSSR count). The summed E-state index contributed by atoms with van der Waals surface area (Å²) in [4.78, 5) is 0. The lowest BCUT2D eigenvalue weighted by Crippen LogP contribution is -2.23. The van der Waals surface area contributed by atoms with E-state index in [4.69, 9.17) is 14.2 Å². The highest BCUT2D eigenvalue weighted by Crippen LogP contribution is 2.13. The van der Waals surface area contributed by atoms with Gasteiger partial charge in [0.1, 0.15) is 0 Å². The van der Waals surface area contributed by atoms with E-state index in [0.717, 1.165) is 19.4 Å². The Morgan fingerprint density at radius 3 is 3.00 bits per heavy atom. The Labute approximate surface area is 79.7 Å². The van der Waals surface area contributed by atoms with Crippen molar-refractivity contribution < 1.29 is 14.2 Å². The molecule has 0 saturated carbocycles. The van der Waals surface area contributed by atoms with E-state index in [9.17, 15) is 0 Å². The zero-order valence-electron chi connectivity index (χ0n) is 8.04. The molecule has 0 aromatic rings. The van der Waals surface area contributed by atoms with Gasteiger partial charge in [-0.1, -0.05) is 6.08 Å². The van der Waals surface area contributed by atoms with Crippen molar-refractivity contribution in [3.05, 3.63) is 12.7 Å². The van der Waals surface area contributed by atoms with Crippen LogP contribution in [0.4, 0.5) is 0 Å². The average Bonchev–Trinajstić information content (AvgIpc) is 2.19. The second-order valence-corrected chi connectivity index (χ2v) is 3.03. The maximum Gasteiger partial charge on any atom is 0.157 e. The normalized spacial score (nSPS) is 22.9. The summed E-state index contributed by atoms with van der Waals surface area (Å²) >= 11 is 0. The molecule has 0 aliphatic carbocycles. The molecule has 0 N–H and O–H groups in total. The molecule has 1 aliphatic heterocycles. The predicted octanol–water partition coefficient (Wildman–Crippen LogP) is 1.73. The first-order chi connectivity index (χ1) is 6.43. The quantitative estimate of drug-likeness (QED) is 0.467. The Balaban J connectivity index is 1.89. The largest absolute Gasteiger partial charge is 0.375 e. The monoisotopic (exact) mass is 186 g/mol. The first-order valence-corrected chi connectivity index (χ1v) is 4.85. The van der Waals surface area contributed by atoms with Gasteiger partial charge in [-0.2, -0.15) is 0 Å². The summed E-state index contributed by atoms with van der Waals surface area (Å²) in [5.41, 5.74) is 0. The SMILES string of the molecule is C=CCOCCO[C@H]1CCCCO1. The molecule has 3 heteroatoms. The van der Waals surface area contributed by atoms with Gasteiger partial charge in [0, 0.05) is 6.61 Å². The first-order valence-electron chi connectivity index (χ1n) is 4.85. The van der Waals surface area contributed by atoms with Crippen molar-refractivity contribution in [1.29, 1.82) is 0 Å². The highest BCUT2D eigenvalue weighted by atomic mass is 16.7. The van der Waals surface area contributed by atoms with Gasteiger partial charge in [-0.25, -0.2) is 0 Å². The summed E-state index contributed by atoms with van der Waals surface area (Å²) in [5.74, 6) is 0. The van der Waals surface area contributed by atoms with Crippen molar-refractivity contribution in [2.45, 2.75) is 25.6 Å². The molecule has 0 unspecified atom stereocenters. The molecule has 1 aliphatic rings. The molecule has 1 fully saturated rings. The van der Waals surface area contributed by atoms with Crippen molar-refractivity contribution in [1.82, 2.24) is 0 Å². The molecular formula is C10H18O3. The molecular weight excluding hydrogens is 168 g/mol. The number of hydrogen-bond acceptors (Lipinski definition) is 3. The molecule has 76 valence electrons. The zero-order chi connectivity index (χ0) is 9.36. The Morgan fingerprint density at radius 1 is 1.38 bits per heavy atom. The topological polar surface area (TPSA) is 27.7 Å². The fraction of sp³-hybridized carbons (Fsp3) is 0.800. The van der Waals surface area contributed by atoms with Gasteiger partial charge in [-0.3, -0.25) is 0 Å². The molecule has 0 amide bonds. The van der Waals surface area contributed by atoms with Crippen LogP contribution in [0, 0.1) is 0 Å². The van der Waals surface area contributed by atoms with Crippen molar-refractivity contribution >= 4 is 0 Å². The molecule has 0 aromatic carbocycles. The zero-order valence-corrected chi connectivity index (χ0v) is 8.04. The molecule has 0 aromatic heterocycles. The fourth-order valence-electron chi connectivity index (χ4n) is 1.25. The summed E-state index contributed by atoms with van der Waals surface area (Å²) in [7, 11) is 0. The van der Waals surface area contributed by atoms with E-state index in [-0.39, 0.29) is 6.29 Å². The van der Waals surface area contributed by atoms with Gasteiger partial charge in [0.25, 0.3) is 0 Å². The van der Waals surface area contributed by atoms with Crippen LogP contribution >= 0.6 is 0 Å². The lowest BCUT2D eigenvalue weighted by atomic mass is 10.2. The van der Waals surface area contributed by atoms with Gasteiger partial charge >= 0.3 is 0 Å². The summed E-state index contributed by atoms with van der Waals surface area (Å²) in [6.07, 6.45) is 5.12. The second kappa shape index (κ2) is 7.06. The third-order valence-corrected chi connectivity index (χ3v) is 1.91. The van der Waals surface area contributed by atoms with Crippen LogP contribution in [0.3, 0.4) is 0 Å². The second-order valence-electron chi connectivity index (χ2n) is 3.03. The predicted molar refractivity (Wildman–Crippen MR) is 50.6 cm³/mol. The van der Waals surface area contributed by atoms with Gasteiger partial charge in [0.05, 0.1) is 19.8 Å². The van der Waals surface area contributed by atoms with Crippen molar-refractivity contribution in [2.24, 2.45) is 0 Å². The van der Waals surface area contributed by atoms with Gasteiger partial charge in [0.15, 0.2) is 6.29 Å². The summed E-state index contributed by atoms with van der Waals surface area (Å²) < 4.78 is 16.0. The summed E-state index contributed by atoms with van der Waals surface area (Å²) in [5, 5.41) is 0. The average molecular weight is 186 g/mol. The fourth-order valence-corrected chi connectivity index (χ4v) is 1.25. The van der Waals surface area contributed by atoms with Crippen LogP contribution in [0.2, 0.25) is 0 Å². The molecule has 1 saturated heterocycles. The molecule has 1 atom stereocenters. The Morgan fingerprint density at radius 2 is 2.31 bits per heavy atom. The number of hydrogen-bond donors (Lipinski definition) is 0. The van der Waals surface area contributed by atoms with E-state index in [0.29, 0.717) is 19.8 Å². The van der Waals surface area contributed by atoms with E-state index in [1.54, 1.807) is 6.08 Å². The van der Waals surface area contributed by atoms with Crippen LogP contribution in [0.25, 0.3) is 0 Å². The van der Waals surface area contributed by atoms with E-state index in [1.807, 2.05) is 0 Å². The highest BCUT2D eigenvalue weighted by molar-refractivity contribution is 4.63. The minimum Gasteiger partial charge on any atom is -0.375 e. The third kappa shape index (κ3) is 5.03. The summed E-state index contributed by atoms with van der Waals surface area (Å²) in [6, 6.07) is 0. The van der Waals surface area contributed by atoms with Crippen LogP contribution < -0.4 is 0 Å². The van der Waals surface area contributed by atoms with Crippen molar-refractivity contribution in [2.75, 3.05) is 26.4 Å². The van der Waals surface area contributed by atoms with Gasteiger partial charge in [-0.15, -0.1) is 6.58 Å². The van der Waals surface area contributed by atoms with Gasteiger partial charge in [-0.05, 0) is 19.3 Å². The molecule has 0 radical (unpaired) electrons. The smallest absolute Gasteiger partial charge is 0.157 e. The van der Waals surface area contributed by atoms with E-state index >= 15 is 0 Å². The van der Waals surface area contributed by atoms with Gasteiger partial charge < -0.3 is 14.2 Å². The molecule has 1 heterocycles. The first kappa shape index (κ1) is 10.7. The van der Waals surface area contributed by atoms with Crippen LogP contribution in [-0.2, 0) is 14.2 Å². The molecule has 13 heavy (non-hydrogen) atoms. The van der Waals surface area contributed by atoms with Crippen LogP contribution in [0.1, 0.15) is 19.3 Å². The molecule has 0 bridgehead atoms. The molecule has 3 nitrogen and oxygen atoms in total. The van der Waals surface area contributed by atoms with Crippen LogP contribution in [0.15, 0.2) is 12.7 Å². The van der Waals surface area contributed by atoms with E-state index < -0.39 is 0 Å². The maximum absolute atomic E-state index is 5.45. The molecule has 0 spiro atoms. The van der Waals surface area contributed by atoms with Crippen molar-refractivity contribution in [3.8, 4) is 0 Å². The lowest BCUT2D eigenvalue weighted by Gasteiger charge is -2.22. The Hall–Kier alpha value is -0.380. The standard InChI is InChI=1S/C10H18O3/c1-2-6-11-8-9-13-10-5-3-4-7-12-10/h2,10H,1,3-9H2/t10-/m0/s1. The highest BCUT2D eigenvalue weighted by Gasteiger charge is 2.13. The van der Waals surface area contributed by atoms with Crippen molar-refractivity contribution in [3.63, 3.8) is 0 Å². The minimum absolute atomic E-state index is 0.00100. The van der Waals surface area contributed by atoms with Crippen LogP contribution in [0.5, 0.6) is 0 Å². The number of rotatable bonds is 6.